The van der Waals surface area contributed by atoms with Gasteiger partial charge in [-0.05, 0) is 57.6 Å². The van der Waals surface area contributed by atoms with Gasteiger partial charge in [-0.1, -0.05) is 182 Å². The number of ether oxygens (including phenoxy) is 13. The molecule has 0 radical (unpaired) electrons. The molecule has 7 aromatic carbocycles. The van der Waals surface area contributed by atoms with E-state index in [1.807, 2.05) is 182 Å². The van der Waals surface area contributed by atoms with Crippen LogP contribution in [-0.4, -0.2) is 93.7 Å². The Balaban J connectivity index is 0.999. The van der Waals surface area contributed by atoms with Gasteiger partial charge in [0.05, 0.1) is 65.5 Å². The van der Waals surface area contributed by atoms with Crippen LogP contribution >= 0.6 is 0 Å². The van der Waals surface area contributed by atoms with E-state index in [1.54, 1.807) is 31.2 Å². The molecule has 3 fully saturated rings. The van der Waals surface area contributed by atoms with Gasteiger partial charge in [-0.15, -0.1) is 0 Å². The molecule has 0 spiro atoms. The minimum absolute atomic E-state index is 0.0915. The van der Waals surface area contributed by atoms with Crippen molar-refractivity contribution < 1.29 is 66.4 Å². The molecule has 7 aromatic rings. The second-order valence-electron chi connectivity index (χ2n) is 19.4. The number of carbonyl (C=O) groups is 1. The van der Waals surface area contributed by atoms with Crippen molar-refractivity contribution in [2.75, 3.05) is 20.3 Å². The van der Waals surface area contributed by atoms with E-state index in [-0.39, 0.29) is 39.6 Å². The van der Waals surface area contributed by atoms with Crippen LogP contribution in [0.4, 0.5) is 0 Å². The average molecular weight is 1060 g/mol. The first-order valence-corrected chi connectivity index (χ1v) is 26.4. The number of rotatable bonds is 25. The average Bonchev–Trinajstić information content (AvgIpc) is 3.96. The number of fused-ring (bicyclic) bond motifs is 1. The highest BCUT2D eigenvalue weighted by Gasteiger charge is 2.61. The molecule has 0 aromatic heterocycles. The Labute approximate surface area is 455 Å². The molecule has 3 aliphatic heterocycles. The summed E-state index contributed by atoms with van der Waals surface area (Å²) in [5, 5.41) is 0. The van der Waals surface area contributed by atoms with Crippen LogP contribution in [0.5, 0.6) is 5.75 Å². The minimum Gasteiger partial charge on any atom is -0.465 e. The first kappa shape index (κ1) is 54.7. The lowest BCUT2D eigenvalue weighted by atomic mass is 9.97. The SMILES string of the molecule is COC(=O)c1ccc(O[C@H]2O[C@H](COCc3ccccc3)[C@@H](OCc3ccccc3)[C@H](OCc3ccccc3)[C@@H]2OC2(C)O[C@@H]3O[C@H](COCc4ccccc4)[C@@H](OCc4ccccc4)[C@H](OCc4ccccc4)[C@@H]3O2)cc1. The maximum Gasteiger partial charge on any atom is 0.337 e. The largest absolute Gasteiger partial charge is 0.465 e. The zero-order chi connectivity index (χ0) is 53.4. The summed E-state index contributed by atoms with van der Waals surface area (Å²) < 4.78 is 87.4. The summed E-state index contributed by atoms with van der Waals surface area (Å²) in [6.45, 7) is 3.47. The van der Waals surface area contributed by atoms with Crippen molar-refractivity contribution in [2.24, 2.45) is 0 Å². The highest BCUT2D eigenvalue weighted by atomic mass is 17.0. The molecule has 10 rings (SSSR count). The molecule has 0 N–H and O–H groups in total. The van der Waals surface area contributed by atoms with Gasteiger partial charge in [0.1, 0.15) is 48.5 Å². The summed E-state index contributed by atoms with van der Waals surface area (Å²) in [6.07, 6.45) is -8.90. The molecule has 3 aliphatic rings. The van der Waals surface area contributed by atoms with Crippen molar-refractivity contribution in [3.8, 4) is 5.75 Å². The van der Waals surface area contributed by atoms with Crippen molar-refractivity contribution in [2.45, 2.75) is 114 Å². The third-order valence-corrected chi connectivity index (χ3v) is 13.7. The van der Waals surface area contributed by atoms with E-state index in [1.165, 1.54) is 7.11 Å². The van der Waals surface area contributed by atoms with Gasteiger partial charge in [0.2, 0.25) is 6.29 Å². The van der Waals surface area contributed by atoms with Crippen LogP contribution in [0.25, 0.3) is 0 Å². The van der Waals surface area contributed by atoms with E-state index in [2.05, 4.69) is 0 Å². The monoisotopic (exact) mass is 1060 g/mol. The second kappa shape index (κ2) is 27.3. The first-order chi connectivity index (χ1) is 38.4. The molecule has 3 saturated heterocycles. The van der Waals surface area contributed by atoms with Gasteiger partial charge in [0.25, 0.3) is 5.97 Å². The summed E-state index contributed by atoms with van der Waals surface area (Å²) in [4.78, 5) is 12.6. The third-order valence-electron chi connectivity index (χ3n) is 13.7. The van der Waals surface area contributed by atoms with Crippen LogP contribution in [0.1, 0.15) is 50.7 Å². The Morgan fingerprint density at radius 1 is 0.436 bits per heavy atom. The molecule has 0 saturated carbocycles. The molecule has 14 nitrogen and oxygen atoms in total. The van der Waals surface area contributed by atoms with E-state index >= 15 is 0 Å². The molecule has 1 unspecified atom stereocenters. The first-order valence-electron chi connectivity index (χ1n) is 26.4. The van der Waals surface area contributed by atoms with Crippen molar-refractivity contribution >= 4 is 5.97 Å². The van der Waals surface area contributed by atoms with Crippen molar-refractivity contribution in [3.05, 3.63) is 245 Å². The molecule has 11 atom stereocenters. The van der Waals surface area contributed by atoms with E-state index in [0.29, 0.717) is 24.5 Å². The van der Waals surface area contributed by atoms with Crippen molar-refractivity contribution in [1.82, 2.24) is 0 Å². The molecule has 0 aliphatic carbocycles. The number of methoxy groups -OCH3 is 1. The van der Waals surface area contributed by atoms with Gasteiger partial charge in [-0.2, -0.15) is 0 Å². The van der Waals surface area contributed by atoms with Crippen LogP contribution in [-0.2, 0) is 96.5 Å². The fourth-order valence-electron chi connectivity index (χ4n) is 9.76. The zero-order valence-corrected chi connectivity index (χ0v) is 43.8. The van der Waals surface area contributed by atoms with Crippen molar-refractivity contribution in [3.63, 3.8) is 0 Å². The van der Waals surface area contributed by atoms with Crippen LogP contribution in [0.3, 0.4) is 0 Å². The topological polar surface area (TPSA) is 137 Å². The van der Waals surface area contributed by atoms with Crippen LogP contribution < -0.4 is 4.74 Å². The Bertz CT molecular complexity index is 2850. The summed E-state index contributed by atoms with van der Waals surface area (Å²) in [5.74, 6) is -1.97. The number of hydrogen-bond donors (Lipinski definition) is 0. The Morgan fingerprint density at radius 3 is 1.26 bits per heavy atom. The third kappa shape index (κ3) is 14.7. The minimum atomic E-state index is -1.85. The number of hydrogen-bond acceptors (Lipinski definition) is 14. The maximum absolute atomic E-state index is 12.6. The Morgan fingerprint density at radius 2 is 0.821 bits per heavy atom. The van der Waals surface area contributed by atoms with Gasteiger partial charge in [0, 0.05) is 6.92 Å². The predicted molar refractivity (Wildman–Crippen MR) is 287 cm³/mol. The highest BCUT2D eigenvalue weighted by Crippen LogP contribution is 2.43. The standard InChI is InChI=1S/C64H66O14/c1-64(77-60-58(72-42-50-31-19-8-20-32-50)56(70-40-48-27-15-6-16-28-48)54(75-63(60)78-64)44-68-38-46-23-11-4-12-24-46)76-59-57(71-41-49-29-17-7-18-30-49)55(69-39-47-25-13-5-14-26-47)53(43-67-37-45-21-9-3-10-22-45)74-62(59)73-52-35-33-51(34-36-52)61(65)66-2/h3-36,53-60,62-63H,37-44H2,1-2H3/t53-,54-,55-,56-,57+,58+,59+,60+,62+,63+,64?/m1/s1. The summed E-state index contributed by atoms with van der Waals surface area (Å²) in [7, 11) is 1.33. The van der Waals surface area contributed by atoms with Gasteiger partial charge in [0.15, 0.2) is 12.4 Å². The van der Waals surface area contributed by atoms with E-state index in [0.717, 1.165) is 33.4 Å². The molecular weight excluding hydrogens is 993 g/mol. The van der Waals surface area contributed by atoms with E-state index in [9.17, 15) is 4.79 Å². The summed E-state index contributed by atoms with van der Waals surface area (Å²) in [5.41, 5.74) is 6.12. The lowest BCUT2D eigenvalue weighted by Crippen LogP contribution is -2.64. The fourth-order valence-corrected chi connectivity index (χ4v) is 9.76. The summed E-state index contributed by atoms with van der Waals surface area (Å²) >= 11 is 0. The normalized spacial score (nSPS) is 25.7. The molecular formula is C64H66O14. The lowest BCUT2D eigenvalue weighted by molar-refractivity contribution is -0.406. The molecule has 0 amide bonds. The van der Waals surface area contributed by atoms with E-state index in [4.69, 9.17) is 61.6 Å². The Kier molecular flexibility index (Phi) is 19.2. The molecule has 406 valence electrons. The Hall–Kier alpha value is -6.63. The van der Waals surface area contributed by atoms with Crippen LogP contribution in [0.2, 0.25) is 0 Å². The lowest BCUT2D eigenvalue weighted by Gasteiger charge is -2.47. The van der Waals surface area contributed by atoms with Crippen molar-refractivity contribution in [1.29, 1.82) is 0 Å². The fraction of sp³-hybridized carbons (Fsp3) is 0.328. The molecule has 0 bridgehead atoms. The van der Waals surface area contributed by atoms with E-state index < -0.39 is 73.4 Å². The number of esters is 1. The van der Waals surface area contributed by atoms with Crippen LogP contribution in [0, 0.1) is 0 Å². The van der Waals surface area contributed by atoms with Gasteiger partial charge in [-0.3, -0.25) is 4.74 Å². The molecule has 78 heavy (non-hydrogen) atoms. The second-order valence-corrected chi connectivity index (χ2v) is 19.4. The number of benzene rings is 7. The molecule has 14 heteroatoms. The van der Waals surface area contributed by atoms with Gasteiger partial charge < -0.3 is 56.8 Å². The smallest absolute Gasteiger partial charge is 0.337 e. The van der Waals surface area contributed by atoms with Gasteiger partial charge >= 0.3 is 5.97 Å². The number of carbonyl (C=O) groups excluding carboxylic acids is 1. The van der Waals surface area contributed by atoms with Gasteiger partial charge in [-0.25, -0.2) is 4.79 Å². The van der Waals surface area contributed by atoms with Crippen LogP contribution in [0.15, 0.2) is 206 Å². The summed E-state index contributed by atoms with van der Waals surface area (Å²) in [6, 6.07) is 66.1. The highest BCUT2D eigenvalue weighted by molar-refractivity contribution is 5.89. The predicted octanol–water partition coefficient (Wildman–Crippen LogP) is 10.6. The molecule has 3 heterocycles. The quantitative estimate of drug-likeness (QED) is 0.0502. The maximum atomic E-state index is 12.6. The zero-order valence-electron chi connectivity index (χ0n) is 43.8.